The summed E-state index contributed by atoms with van der Waals surface area (Å²) in [5.74, 6) is -0.310. The van der Waals surface area contributed by atoms with Crippen molar-refractivity contribution in [2.45, 2.75) is 0 Å². The molecule has 0 bridgehead atoms. The lowest BCUT2D eigenvalue weighted by Gasteiger charge is -2.20. The van der Waals surface area contributed by atoms with Gasteiger partial charge in [-0.1, -0.05) is 60.7 Å². The predicted molar refractivity (Wildman–Crippen MR) is 115 cm³/mol. The van der Waals surface area contributed by atoms with Crippen molar-refractivity contribution in [3.8, 4) is 17.1 Å². The molecule has 5 nitrogen and oxygen atoms in total. The SMILES string of the molecule is O=C1c2ccccc2-c2c3c1cccc3cc1oc(O)c(N=Nc3ccccc3)c21. The van der Waals surface area contributed by atoms with Crippen LogP contribution in [0.3, 0.4) is 0 Å². The smallest absolute Gasteiger partial charge is 0.312 e. The van der Waals surface area contributed by atoms with Crippen molar-refractivity contribution in [3.05, 3.63) is 90.0 Å². The van der Waals surface area contributed by atoms with E-state index in [1.54, 1.807) is 0 Å². The van der Waals surface area contributed by atoms with Crippen LogP contribution >= 0.6 is 0 Å². The molecule has 0 fully saturated rings. The van der Waals surface area contributed by atoms with Gasteiger partial charge < -0.3 is 9.52 Å². The first-order chi connectivity index (χ1) is 14.7. The number of furan rings is 1. The summed E-state index contributed by atoms with van der Waals surface area (Å²) >= 11 is 0. The van der Waals surface area contributed by atoms with Gasteiger partial charge in [-0.3, -0.25) is 4.79 Å². The summed E-state index contributed by atoms with van der Waals surface area (Å²) in [4.78, 5) is 13.1. The van der Waals surface area contributed by atoms with E-state index in [2.05, 4.69) is 10.2 Å². The van der Waals surface area contributed by atoms with Crippen LogP contribution in [0.2, 0.25) is 0 Å². The van der Waals surface area contributed by atoms with Crippen LogP contribution < -0.4 is 0 Å². The maximum Gasteiger partial charge on any atom is 0.312 e. The molecule has 0 spiro atoms. The molecule has 0 unspecified atom stereocenters. The Balaban J connectivity index is 1.75. The normalized spacial score (nSPS) is 12.7. The Morgan fingerprint density at radius 1 is 0.733 bits per heavy atom. The fourth-order valence-electron chi connectivity index (χ4n) is 4.20. The van der Waals surface area contributed by atoms with Crippen LogP contribution in [0.5, 0.6) is 5.95 Å². The number of ketones is 1. The van der Waals surface area contributed by atoms with Gasteiger partial charge in [0.1, 0.15) is 5.58 Å². The Labute approximate surface area is 170 Å². The first kappa shape index (κ1) is 16.7. The summed E-state index contributed by atoms with van der Waals surface area (Å²) < 4.78 is 5.66. The molecule has 142 valence electrons. The summed E-state index contributed by atoms with van der Waals surface area (Å²) in [5.41, 5.74) is 4.31. The molecule has 6 rings (SSSR count). The van der Waals surface area contributed by atoms with Crippen molar-refractivity contribution in [1.82, 2.24) is 0 Å². The van der Waals surface area contributed by atoms with E-state index in [1.165, 1.54) is 0 Å². The van der Waals surface area contributed by atoms with E-state index in [0.29, 0.717) is 27.8 Å². The molecule has 0 radical (unpaired) electrons. The number of azo groups is 1. The minimum Gasteiger partial charge on any atom is -0.479 e. The average Bonchev–Trinajstić information content (AvgIpc) is 3.10. The fourth-order valence-corrected chi connectivity index (χ4v) is 4.20. The lowest BCUT2D eigenvalue weighted by Crippen LogP contribution is -2.09. The zero-order valence-electron chi connectivity index (χ0n) is 15.7. The van der Waals surface area contributed by atoms with E-state index in [-0.39, 0.29) is 17.4 Å². The van der Waals surface area contributed by atoms with Gasteiger partial charge in [-0.05, 0) is 29.1 Å². The number of hydrogen-bond donors (Lipinski definition) is 1. The highest BCUT2D eigenvalue weighted by Gasteiger charge is 2.29. The molecule has 5 aromatic rings. The number of fused-ring (bicyclic) bond motifs is 4. The number of aromatic hydroxyl groups is 1. The second-order valence-electron chi connectivity index (χ2n) is 7.19. The molecule has 0 saturated carbocycles. The second kappa shape index (κ2) is 6.12. The van der Waals surface area contributed by atoms with Gasteiger partial charge in [0.25, 0.3) is 0 Å². The molecule has 1 aliphatic rings. The molecule has 1 N–H and O–H groups in total. The van der Waals surface area contributed by atoms with Crippen LogP contribution in [0.1, 0.15) is 15.9 Å². The summed E-state index contributed by atoms with van der Waals surface area (Å²) in [6.45, 7) is 0. The third-order valence-electron chi connectivity index (χ3n) is 5.48. The van der Waals surface area contributed by atoms with E-state index in [0.717, 1.165) is 21.9 Å². The molecule has 1 aliphatic carbocycles. The third kappa shape index (κ3) is 2.26. The molecular formula is C25H14N2O3. The van der Waals surface area contributed by atoms with Gasteiger partial charge in [-0.2, -0.15) is 5.11 Å². The van der Waals surface area contributed by atoms with Gasteiger partial charge in [0.05, 0.1) is 11.1 Å². The van der Waals surface area contributed by atoms with Crippen molar-refractivity contribution in [3.63, 3.8) is 0 Å². The highest BCUT2D eigenvalue weighted by atomic mass is 16.5. The van der Waals surface area contributed by atoms with Crippen LogP contribution in [0, 0.1) is 0 Å². The Bertz CT molecular complexity index is 1510. The molecule has 0 atom stereocenters. The largest absolute Gasteiger partial charge is 0.479 e. The minimum absolute atomic E-state index is 0.0109. The van der Waals surface area contributed by atoms with Crippen LogP contribution in [0.25, 0.3) is 32.9 Å². The molecule has 0 aliphatic heterocycles. The molecule has 0 saturated heterocycles. The van der Waals surface area contributed by atoms with E-state index in [9.17, 15) is 9.90 Å². The van der Waals surface area contributed by atoms with E-state index in [1.807, 2.05) is 78.9 Å². The average molecular weight is 390 g/mol. The first-order valence-electron chi connectivity index (χ1n) is 9.54. The summed E-state index contributed by atoms with van der Waals surface area (Å²) in [6.07, 6.45) is 0. The van der Waals surface area contributed by atoms with Crippen LogP contribution in [-0.2, 0) is 0 Å². The zero-order chi connectivity index (χ0) is 20.2. The van der Waals surface area contributed by atoms with E-state index < -0.39 is 0 Å². The van der Waals surface area contributed by atoms with Crippen molar-refractivity contribution in [2.24, 2.45) is 10.2 Å². The third-order valence-corrected chi connectivity index (χ3v) is 5.48. The number of carbonyl (C=O) groups is 1. The van der Waals surface area contributed by atoms with Gasteiger partial charge in [0.2, 0.25) is 0 Å². The monoisotopic (exact) mass is 390 g/mol. The topological polar surface area (TPSA) is 75.2 Å². The molecule has 0 amide bonds. The highest BCUT2D eigenvalue weighted by Crippen LogP contribution is 2.50. The molecule has 1 heterocycles. The van der Waals surface area contributed by atoms with Crippen molar-refractivity contribution < 1.29 is 14.3 Å². The Hall–Kier alpha value is -4.25. The number of rotatable bonds is 2. The van der Waals surface area contributed by atoms with E-state index in [4.69, 9.17) is 4.42 Å². The van der Waals surface area contributed by atoms with Gasteiger partial charge >= 0.3 is 5.95 Å². The number of nitrogens with zero attached hydrogens (tertiary/aromatic N) is 2. The Morgan fingerprint density at radius 3 is 2.30 bits per heavy atom. The van der Waals surface area contributed by atoms with Crippen molar-refractivity contribution >= 4 is 38.9 Å². The van der Waals surface area contributed by atoms with Crippen LogP contribution in [0.15, 0.2) is 93.5 Å². The standard InChI is InChI=1S/C25H14N2O3/c28-24-17-11-5-4-10-16(17)21-20-14(7-6-12-18(20)24)13-19-22(21)23(25(29)30-19)27-26-15-8-2-1-3-9-15/h1-13,29H. The van der Waals surface area contributed by atoms with Crippen LogP contribution in [0.4, 0.5) is 11.4 Å². The second-order valence-corrected chi connectivity index (χ2v) is 7.19. The molecule has 4 aromatic carbocycles. The minimum atomic E-state index is -0.299. The number of hydrogen-bond acceptors (Lipinski definition) is 5. The predicted octanol–water partition coefficient (Wildman–Crippen LogP) is 6.92. The molecule has 1 aromatic heterocycles. The first-order valence-corrected chi connectivity index (χ1v) is 9.54. The summed E-state index contributed by atoms with van der Waals surface area (Å²) in [6, 6.07) is 24.2. The van der Waals surface area contributed by atoms with E-state index >= 15 is 0 Å². The Kier molecular flexibility index (Phi) is 3.40. The van der Waals surface area contributed by atoms with Gasteiger partial charge in [-0.25, -0.2) is 0 Å². The van der Waals surface area contributed by atoms with Gasteiger partial charge in [-0.15, -0.1) is 5.11 Å². The molecular weight excluding hydrogens is 376 g/mol. The van der Waals surface area contributed by atoms with Crippen molar-refractivity contribution in [1.29, 1.82) is 0 Å². The number of benzene rings is 4. The number of carbonyl (C=O) groups excluding carboxylic acids is 1. The van der Waals surface area contributed by atoms with Crippen molar-refractivity contribution in [2.75, 3.05) is 0 Å². The van der Waals surface area contributed by atoms with Crippen LogP contribution in [-0.4, -0.2) is 10.9 Å². The highest BCUT2D eigenvalue weighted by molar-refractivity contribution is 6.30. The lowest BCUT2D eigenvalue weighted by molar-refractivity contribution is 0.104. The summed E-state index contributed by atoms with van der Waals surface area (Å²) in [7, 11) is 0. The maximum atomic E-state index is 13.1. The zero-order valence-corrected chi connectivity index (χ0v) is 15.7. The molecule has 5 heteroatoms. The maximum absolute atomic E-state index is 13.1. The Morgan fingerprint density at radius 2 is 1.47 bits per heavy atom. The van der Waals surface area contributed by atoms with Gasteiger partial charge in [0, 0.05) is 22.1 Å². The van der Waals surface area contributed by atoms with Gasteiger partial charge in [0.15, 0.2) is 11.5 Å². The quantitative estimate of drug-likeness (QED) is 0.326. The summed E-state index contributed by atoms with van der Waals surface area (Å²) in [5, 5.41) is 21.5. The molecule has 30 heavy (non-hydrogen) atoms. The fraction of sp³-hybridized carbons (Fsp3) is 0. The lowest BCUT2D eigenvalue weighted by atomic mass is 9.81.